The van der Waals surface area contributed by atoms with Gasteiger partial charge in [-0.25, -0.2) is 13.4 Å². The zero-order chi connectivity index (χ0) is 38.3. The third-order valence-electron chi connectivity index (χ3n) is 12.3. The summed E-state index contributed by atoms with van der Waals surface area (Å²) in [7, 11) is -2.07. The maximum absolute atomic E-state index is 14.7. The van der Waals surface area contributed by atoms with Crippen LogP contribution in [0.15, 0.2) is 43.1 Å². The van der Waals surface area contributed by atoms with Gasteiger partial charge in [-0.2, -0.15) is 0 Å². The van der Waals surface area contributed by atoms with Crippen molar-refractivity contribution in [2.75, 3.05) is 19.4 Å². The summed E-state index contributed by atoms with van der Waals surface area (Å²) in [4.78, 5) is 62.5. The van der Waals surface area contributed by atoms with Crippen molar-refractivity contribution in [3.05, 3.63) is 43.1 Å². The van der Waals surface area contributed by atoms with Gasteiger partial charge in [0.2, 0.25) is 17.7 Å². The van der Waals surface area contributed by atoms with E-state index in [1.807, 2.05) is 45.0 Å². The predicted molar refractivity (Wildman–Crippen MR) is 202 cm³/mol. The lowest BCUT2D eigenvalue weighted by Gasteiger charge is -2.35. The fourth-order valence-corrected chi connectivity index (χ4v) is 10.5. The van der Waals surface area contributed by atoms with Crippen molar-refractivity contribution >= 4 is 44.0 Å². The van der Waals surface area contributed by atoms with Crippen molar-refractivity contribution < 1.29 is 37.1 Å². The minimum Gasteiger partial charge on any atom is -0.497 e. The standard InChI is InChI=1S/C41H55N3O8S/c1-7-27-22-41(27,35(46)25-53(49,50)31-11-10-12-31)43-36(47)34-21-30(52-37-32-14-13-29(51-6)19-26(32)15-18-42-37)24-44(34)38(48)33(39(2,3)4)20-28(45)23-40(5)16-8-9-17-40/h7,13-15,18-19,27,30-31,33-34H,1,8-12,16-17,20-25H2,2-6H3,(H,43,47)/t27-,30-,33-,34+,41-/m1/s1. The number of hydrogen-bond acceptors (Lipinski definition) is 9. The summed E-state index contributed by atoms with van der Waals surface area (Å²) in [6, 6.07) is 6.33. The molecule has 4 fully saturated rings. The summed E-state index contributed by atoms with van der Waals surface area (Å²) in [6.45, 7) is 11.8. The Bertz CT molecular complexity index is 1880. The first-order chi connectivity index (χ1) is 25.0. The first kappa shape index (κ1) is 38.9. The number of methoxy groups -OCH3 is 1. The van der Waals surface area contributed by atoms with Crippen LogP contribution in [0.25, 0.3) is 10.8 Å². The number of Topliss-reactive ketones (excluding diaryl/α,β-unsaturated/α-hetero) is 2. The van der Waals surface area contributed by atoms with Crippen molar-refractivity contribution in [2.45, 2.75) is 121 Å². The Morgan fingerprint density at radius 2 is 1.83 bits per heavy atom. The number of likely N-dealkylation sites (tertiary alicyclic amines) is 1. The zero-order valence-electron chi connectivity index (χ0n) is 31.8. The number of ketones is 2. The number of benzene rings is 1. The molecule has 3 saturated carbocycles. The summed E-state index contributed by atoms with van der Waals surface area (Å²) >= 11 is 0. The number of carbonyl (C=O) groups excluding carboxylic acids is 4. The van der Waals surface area contributed by atoms with Crippen molar-refractivity contribution in [3.8, 4) is 11.6 Å². The maximum atomic E-state index is 14.7. The van der Waals surface area contributed by atoms with Gasteiger partial charge in [0.05, 0.1) is 18.9 Å². The van der Waals surface area contributed by atoms with Gasteiger partial charge in [0.15, 0.2) is 15.6 Å². The summed E-state index contributed by atoms with van der Waals surface area (Å²) in [5.41, 5.74) is -2.07. The fraction of sp³-hybridized carbons (Fsp3) is 0.634. The molecule has 1 saturated heterocycles. The molecule has 6 rings (SSSR count). The second-order valence-corrected chi connectivity index (χ2v) is 19.6. The summed E-state index contributed by atoms with van der Waals surface area (Å²) in [5, 5.41) is 3.97. The average Bonchev–Trinajstić information content (AvgIpc) is 3.35. The van der Waals surface area contributed by atoms with Gasteiger partial charge in [-0.1, -0.05) is 53.0 Å². The van der Waals surface area contributed by atoms with Crippen LogP contribution in [0.2, 0.25) is 0 Å². The molecule has 1 aromatic carbocycles. The van der Waals surface area contributed by atoms with Crippen LogP contribution < -0.4 is 14.8 Å². The minimum absolute atomic E-state index is 0.0371. The third-order valence-corrected chi connectivity index (χ3v) is 14.5. The van der Waals surface area contributed by atoms with E-state index in [-0.39, 0.29) is 42.9 Å². The first-order valence-corrected chi connectivity index (χ1v) is 20.8. The molecule has 5 atom stereocenters. The number of ether oxygens (including phenoxy) is 2. The van der Waals surface area contributed by atoms with E-state index in [2.05, 4.69) is 23.8 Å². The molecule has 11 nitrogen and oxygen atoms in total. The van der Waals surface area contributed by atoms with E-state index in [0.29, 0.717) is 30.9 Å². The SMILES string of the molecule is C=C[C@@H]1C[C@]1(NC(=O)[C@@H]1C[C@@H](Oc2nccc3cc(OC)ccc23)CN1C(=O)[C@@H](CC(=O)CC1(C)CCCC1)C(C)(C)C)C(=O)CS(=O)(=O)C1CCC1. The molecule has 3 aliphatic carbocycles. The van der Waals surface area contributed by atoms with Gasteiger partial charge in [0.25, 0.3) is 0 Å². The number of sulfone groups is 1. The Balaban J connectivity index is 1.27. The van der Waals surface area contributed by atoms with Crippen LogP contribution in [0, 0.1) is 22.7 Å². The number of nitrogens with one attached hydrogen (secondary N) is 1. The van der Waals surface area contributed by atoms with Crippen LogP contribution in [0.4, 0.5) is 0 Å². The number of hydrogen-bond donors (Lipinski definition) is 1. The molecule has 2 heterocycles. The van der Waals surface area contributed by atoms with E-state index in [4.69, 9.17) is 9.47 Å². The number of fused-ring (bicyclic) bond motifs is 1. The Hall–Kier alpha value is -3.80. The third kappa shape index (κ3) is 8.17. The van der Waals surface area contributed by atoms with Crippen LogP contribution in [0.3, 0.4) is 0 Å². The second-order valence-electron chi connectivity index (χ2n) is 17.3. The highest BCUT2D eigenvalue weighted by atomic mass is 32.2. The van der Waals surface area contributed by atoms with Crippen LogP contribution in [0.5, 0.6) is 11.6 Å². The molecular formula is C41H55N3O8S. The van der Waals surface area contributed by atoms with Crippen molar-refractivity contribution in [1.29, 1.82) is 0 Å². The molecule has 0 unspecified atom stereocenters. The average molecular weight is 750 g/mol. The van der Waals surface area contributed by atoms with Gasteiger partial charge in [-0.05, 0) is 72.6 Å². The summed E-state index contributed by atoms with van der Waals surface area (Å²) in [6.07, 6.45) is 9.44. The lowest BCUT2D eigenvalue weighted by molar-refractivity contribution is -0.147. The molecule has 0 bridgehead atoms. The largest absolute Gasteiger partial charge is 0.497 e. The molecule has 1 aliphatic heterocycles. The Morgan fingerprint density at radius 1 is 1.11 bits per heavy atom. The number of nitrogens with zero attached hydrogens (tertiary/aromatic N) is 2. The fourth-order valence-electron chi connectivity index (χ4n) is 8.60. The maximum Gasteiger partial charge on any atom is 0.243 e. The Kier molecular flexibility index (Phi) is 10.9. The van der Waals surface area contributed by atoms with Gasteiger partial charge in [0.1, 0.15) is 35.0 Å². The molecule has 1 N–H and O–H groups in total. The van der Waals surface area contributed by atoms with Crippen LogP contribution in [-0.2, 0) is 29.0 Å². The zero-order valence-corrected chi connectivity index (χ0v) is 32.6. The quantitative estimate of drug-likeness (QED) is 0.224. The molecule has 1 aromatic heterocycles. The minimum atomic E-state index is -3.66. The Morgan fingerprint density at radius 3 is 2.43 bits per heavy atom. The molecule has 0 radical (unpaired) electrons. The summed E-state index contributed by atoms with van der Waals surface area (Å²) in [5.74, 6) is -2.16. The highest BCUT2D eigenvalue weighted by Gasteiger charge is 2.61. The van der Waals surface area contributed by atoms with E-state index >= 15 is 0 Å². The monoisotopic (exact) mass is 749 g/mol. The van der Waals surface area contributed by atoms with Crippen LogP contribution >= 0.6 is 0 Å². The van der Waals surface area contributed by atoms with Crippen molar-refractivity contribution in [1.82, 2.24) is 15.2 Å². The van der Waals surface area contributed by atoms with Gasteiger partial charge in [-0.15, -0.1) is 6.58 Å². The van der Waals surface area contributed by atoms with Gasteiger partial charge in [-0.3, -0.25) is 19.2 Å². The van der Waals surface area contributed by atoms with Gasteiger partial charge < -0.3 is 19.7 Å². The smallest absolute Gasteiger partial charge is 0.243 e. The summed E-state index contributed by atoms with van der Waals surface area (Å²) < 4.78 is 37.9. The molecule has 0 spiro atoms. The number of amides is 2. The lowest BCUT2D eigenvalue weighted by atomic mass is 9.74. The molecule has 4 aliphatic rings. The van der Waals surface area contributed by atoms with Crippen LogP contribution in [0.1, 0.15) is 98.3 Å². The normalized spacial score (nSPS) is 26.1. The highest BCUT2D eigenvalue weighted by molar-refractivity contribution is 7.92. The van der Waals surface area contributed by atoms with E-state index < -0.39 is 67.5 Å². The van der Waals surface area contributed by atoms with Gasteiger partial charge in [0, 0.05) is 42.7 Å². The van der Waals surface area contributed by atoms with E-state index in [1.165, 1.54) is 4.90 Å². The van der Waals surface area contributed by atoms with Crippen molar-refractivity contribution in [2.24, 2.45) is 22.7 Å². The van der Waals surface area contributed by atoms with E-state index in [9.17, 15) is 27.6 Å². The molecule has 2 aromatic rings. The Labute approximate surface area is 313 Å². The lowest BCUT2D eigenvalue weighted by Crippen LogP contribution is -2.55. The highest BCUT2D eigenvalue weighted by Crippen LogP contribution is 2.47. The molecule has 288 valence electrons. The molecular weight excluding hydrogens is 695 g/mol. The topological polar surface area (TPSA) is 149 Å². The van der Waals surface area contributed by atoms with E-state index in [0.717, 1.165) is 42.9 Å². The van der Waals surface area contributed by atoms with Crippen LogP contribution in [-0.4, -0.2) is 84.0 Å². The molecule has 53 heavy (non-hydrogen) atoms. The molecule has 2 amide bonds. The number of rotatable bonds is 15. The number of pyridine rings is 1. The number of carbonyl (C=O) groups is 4. The van der Waals surface area contributed by atoms with E-state index in [1.54, 1.807) is 19.4 Å². The second kappa shape index (κ2) is 14.8. The molecule has 12 heteroatoms. The van der Waals surface area contributed by atoms with Gasteiger partial charge >= 0.3 is 0 Å². The predicted octanol–water partition coefficient (Wildman–Crippen LogP) is 5.78. The number of aromatic nitrogens is 1. The first-order valence-electron chi connectivity index (χ1n) is 19.1. The van der Waals surface area contributed by atoms with Crippen molar-refractivity contribution in [3.63, 3.8) is 0 Å².